The van der Waals surface area contributed by atoms with E-state index in [1.165, 1.54) is 6.42 Å². The maximum Gasteiger partial charge on any atom is 0.194 e. The van der Waals surface area contributed by atoms with Crippen molar-refractivity contribution in [3.8, 4) is 11.3 Å². The Hall–Kier alpha value is -1.65. The predicted molar refractivity (Wildman–Crippen MR) is 120 cm³/mol. The Balaban J connectivity index is 0.00000225. The first-order chi connectivity index (χ1) is 13.3. The van der Waals surface area contributed by atoms with Crippen LogP contribution in [0.3, 0.4) is 0 Å². The molecule has 2 saturated heterocycles. The summed E-state index contributed by atoms with van der Waals surface area (Å²) in [5, 5.41) is 7.59. The molecular formula is C20H28IN5O2. The molecule has 0 aliphatic carbocycles. The molecule has 0 radical (unpaired) electrons. The first-order valence-corrected chi connectivity index (χ1v) is 9.62. The summed E-state index contributed by atoms with van der Waals surface area (Å²) >= 11 is 0. The molecule has 1 atom stereocenters. The highest BCUT2D eigenvalue weighted by molar-refractivity contribution is 14.0. The number of hydrogen-bond acceptors (Lipinski definition) is 5. The van der Waals surface area contributed by atoms with Crippen LogP contribution in [0.25, 0.3) is 11.3 Å². The van der Waals surface area contributed by atoms with Crippen LogP contribution in [-0.2, 0) is 11.3 Å². The van der Waals surface area contributed by atoms with E-state index in [4.69, 9.17) is 9.26 Å². The van der Waals surface area contributed by atoms with Crippen LogP contribution in [0.1, 0.15) is 12.2 Å². The molecule has 8 heteroatoms. The number of hydrogen-bond donors (Lipinski definition) is 1. The summed E-state index contributed by atoms with van der Waals surface area (Å²) < 4.78 is 11.0. The average molecular weight is 497 g/mol. The lowest BCUT2D eigenvalue weighted by Gasteiger charge is -2.32. The molecule has 4 rings (SSSR count). The summed E-state index contributed by atoms with van der Waals surface area (Å²) in [7, 11) is 1.83. The molecule has 0 bridgehead atoms. The molecule has 1 unspecified atom stereocenters. The number of morpholine rings is 1. The van der Waals surface area contributed by atoms with Gasteiger partial charge in [0.1, 0.15) is 5.69 Å². The fraction of sp³-hybridized carbons (Fsp3) is 0.500. The van der Waals surface area contributed by atoms with Crippen molar-refractivity contribution in [2.24, 2.45) is 4.99 Å². The van der Waals surface area contributed by atoms with E-state index in [0.717, 1.165) is 62.4 Å². The lowest BCUT2D eigenvalue weighted by atomic mass is 10.1. The van der Waals surface area contributed by atoms with E-state index < -0.39 is 0 Å². The molecule has 0 spiro atoms. The maximum atomic E-state index is 5.48. The van der Waals surface area contributed by atoms with Crippen molar-refractivity contribution in [1.82, 2.24) is 20.3 Å². The van der Waals surface area contributed by atoms with E-state index in [0.29, 0.717) is 12.6 Å². The molecule has 1 aromatic carbocycles. The van der Waals surface area contributed by atoms with Crippen LogP contribution in [0.5, 0.6) is 0 Å². The summed E-state index contributed by atoms with van der Waals surface area (Å²) in [5.74, 6) is 1.72. The van der Waals surface area contributed by atoms with Gasteiger partial charge in [0.15, 0.2) is 11.7 Å². The molecule has 2 aliphatic heterocycles. The second-order valence-corrected chi connectivity index (χ2v) is 6.98. The molecule has 3 heterocycles. The summed E-state index contributed by atoms with van der Waals surface area (Å²) in [4.78, 5) is 9.32. The topological polar surface area (TPSA) is 66.1 Å². The molecule has 2 fully saturated rings. The Morgan fingerprint density at radius 2 is 2.00 bits per heavy atom. The van der Waals surface area contributed by atoms with Crippen LogP contribution in [-0.4, -0.2) is 73.4 Å². The van der Waals surface area contributed by atoms with Crippen LogP contribution >= 0.6 is 24.0 Å². The Morgan fingerprint density at radius 3 is 2.75 bits per heavy atom. The molecule has 1 N–H and O–H groups in total. The van der Waals surface area contributed by atoms with Crippen LogP contribution in [0.2, 0.25) is 0 Å². The van der Waals surface area contributed by atoms with Crippen LogP contribution in [0.15, 0.2) is 45.9 Å². The Labute approximate surface area is 183 Å². The fourth-order valence-corrected chi connectivity index (χ4v) is 3.81. The molecule has 0 amide bonds. The third-order valence-electron chi connectivity index (χ3n) is 5.29. The van der Waals surface area contributed by atoms with E-state index in [2.05, 4.69) is 25.3 Å². The summed E-state index contributed by atoms with van der Waals surface area (Å²) in [5.41, 5.74) is 1.92. The van der Waals surface area contributed by atoms with Crippen LogP contribution < -0.4 is 5.32 Å². The molecule has 28 heavy (non-hydrogen) atoms. The van der Waals surface area contributed by atoms with E-state index in [1.807, 2.05) is 43.4 Å². The highest BCUT2D eigenvalue weighted by atomic mass is 127. The SMILES string of the molecule is CN=C(NCc1cc(-c2ccccc2)no1)N1CCC(N2CCOCC2)C1.I. The lowest BCUT2D eigenvalue weighted by molar-refractivity contribution is 0.0195. The number of rotatable bonds is 4. The van der Waals surface area contributed by atoms with Gasteiger partial charge in [-0.3, -0.25) is 9.89 Å². The minimum atomic E-state index is 0. The Kier molecular flexibility index (Phi) is 7.69. The monoisotopic (exact) mass is 497 g/mol. The second-order valence-electron chi connectivity index (χ2n) is 6.98. The zero-order valence-electron chi connectivity index (χ0n) is 16.2. The lowest BCUT2D eigenvalue weighted by Crippen LogP contribution is -2.46. The van der Waals surface area contributed by atoms with Gasteiger partial charge < -0.3 is 19.5 Å². The van der Waals surface area contributed by atoms with Gasteiger partial charge in [-0.05, 0) is 6.42 Å². The molecule has 1 aromatic heterocycles. The van der Waals surface area contributed by atoms with Gasteiger partial charge >= 0.3 is 0 Å². The van der Waals surface area contributed by atoms with Crippen molar-refractivity contribution >= 4 is 29.9 Å². The van der Waals surface area contributed by atoms with Gasteiger partial charge in [0.25, 0.3) is 0 Å². The normalized spacial score (nSPS) is 20.8. The number of aromatic nitrogens is 1. The minimum Gasteiger partial charge on any atom is -0.379 e. The number of nitrogens with one attached hydrogen (secondary N) is 1. The zero-order chi connectivity index (χ0) is 18.5. The number of halogens is 1. The van der Waals surface area contributed by atoms with Gasteiger partial charge in [0.05, 0.1) is 19.8 Å². The Bertz CT molecular complexity index is 761. The van der Waals surface area contributed by atoms with E-state index >= 15 is 0 Å². The first-order valence-electron chi connectivity index (χ1n) is 9.62. The number of nitrogens with zero attached hydrogens (tertiary/aromatic N) is 4. The van der Waals surface area contributed by atoms with Gasteiger partial charge in [-0.1, -0.05) is 35.5 Å². The van der Waals surface area contributed by atoms with Crippen molar-refractivity contribution in [2.45, 2.75) is 19.0 Å². The number of guanidine groups is 1. The zero-order valence-corrected chi connectivity index (χ0v) is 18.5. The van der Waals surface area contributed by atoms with Crippen molar-refractivity contribution in [3.63, 3.8) is 0 Å². The van der Waals surface area contributed by atoms with Crippen molar-refractivity contribution in [1.29, 1.82) is 0 Å². The quantitative estimate of drug-likeness (QED) is 0.398. The molecule has 152 valence electrons. The highest BCUT2D eigenvalue weighted by Gasteiger charge is 2.30. The number of aliphatic imine (C=N–C) groups is 1. The molecule has 0 saturated carbocycles. The standard InChI is InChI=1S/C20H27N5O2.HI/c1-21-20(25-8-7-17(15-25)24-9-11-26-12-10-24)22-14-18-13-19(23-27-18)16-5-3-2-4-6-16;/h2-6,13,17H,7-12,14-15H2,1H3,(H,21,22);1H. The van der Waals surface area contributed by atoms with E-state index in [-0.39, 0.29) is 24.0 Å². The third kappa shape index (κ3) is 5.03. The van der Waals surface area contributed by atoms with Gasteiger partial charge in [-0.25, -0.2) is 0 Å². The summed E-state index contributed by atoms with van der Waals surface area (Å²) in [6.07, 6.45) is 1.17. The van der Waals surface area contributed by atoms with Crippen molar-refractivity contribution in [3.05, 3.63) is 42.2 Å². The summed E-state index contributed by atoms with van der Waals surface area (Å²) in [6.45, 7) is 6.36. The Morgan fingerprint density at radius 1 is 1.21 bits per heavy atom. The van der Waals surface area contributed by atoms with Crippen molar-refractivity contribution in [2.75, 3.05) is 46.4 Å². The number of ether oxygens (including phenoxy) is 1. The molecule has 2 aromatic rings. The van der Waals surface area contributed by atoms with Gasteiger partial charge in [-0.15, -0.1) is 24.0 Å². The maximum absolute atomic E-state index is 5.48. The molecule has 7 nitrogen and oxygen atoms in total. The van der Waals surface area contributed by atoms with Gasteiger partial charge in [-0.2, -0.15) is 0 Å². The van der Waals surface area contributed by atoms with E-state index in [9.17, 15) is 0 Å². The van der Waals surface area contributed by atoms with Crippen LogP contribution in [0.4, 0.5) is 0 Å². The third-order valence-corrected chi connectivity index (χ3v) is 5.29. The number of likely N-dealkylation sites (tertiary alicyclic amines) is 1. The van der Waals surface area contributed by atoms with Gasteiger partial charge in [0.2, 0.25) is 0 Å². The highest BCUT2D eigenvalue weighted by Crippen LogP contribution is 2.19. The fourth-order valence-electron chi connectivity index (χ4n) is 3.81. The molecular weight excluding hydrogens is 469 g/mol. The van der Waals surface area contributed by atoms with Crippen molar-refractivity contribution < 1.29 is 9.26 Å². The largest absolute Gasteiger partial charge is 0.379 e. The van der Waals surface area contributed by atoms with Crippen LogP contribution in [0, 0.1) is 0 Å². The average Bonchev–Trinajstić information content (AvgIpc) is 3.40. The minimum absolute atomic E-state index is 0. The summed E-state index contributed by atoms with van der Waals surface area (Å²) in [6, 6.07) is 12.6. The van der Waals surface area contributed by atoms with Gasteiger partial charge in [0, 0.05) is 50.9 Å². The number of benzene rings is 1. The first kappa shape index (κ1) is 21.1. The second kappa shape index (κ2) is 10.2. The smallest absolute Gasteiger partial charge is 0.194 e. The molecule has 2 aliphatic rings. The van der Waals surface area contributed by atoms with E-state index in [1.54, 1.807) is 0 Å². The predicted octanol–water partition coefficient (Wildman–Crippen LogP) is 2.44.